The average molecular weight is 334 g/mol. The van der Waals surface area contributed by atoms with Crippen LogP contribution in [0, 0.1) is 17.5 Å². The van der Waals surface area contributed by atoms with Crippen molar-refractivity contribution in [2.24, 2.45) is 0 Å². The number of carbonyl (C=O) groups excluding carboxylic acids is 1. The molecule has 0 radical (unpaired) electrons. The van der Waals surface area contributed by atoms with Crippen molar-refractivity contribution in [1.29, 1.82) is 0 Å². The van der Waals surface area contributed by atoms with Gasteiger partial charge in [0, 0.05) is 31.4 Å². The SMILES string of the molecule is CC1CN(C(=O)c2ccc(F)c(F)c2F)CCN1c1ccccc1. The Hall–Kier alpha value is -2.50. The molecular formula is C18H17F3N2O. The number of para-hydroxylation sites is 1. The lowest BCUT2D eigenvalue weighted by molar-refractivity contribution is 0.0720. The van der Waals surface area contributed by atoms with E-state index in [1.54, 1.807) is 0 Å². The maximum atomic E-state index is 13.8. The van der Waals surface area contributed by atoms with Crippen molar-refractivity contribution in [3.8, 4) is 0 Å². The summed E-state index contributed by atoms with van der Waals surface area (Å²) in [7, 11) is 0. The lowest BCUT2D eigenvalue weighted by Crippen LogP contribution is -2.54. The number of rotatable bonds is 2. The highest BCUT2D eigenvalue weighted by Gasteiger charge is 2.29. The van der Waals surface area contributed by atoms with Gasteiger partial charge < -0.3 is 9.80 Å². The molecule has 0 saturated carbocycles. The van der Waals surface area contributed by atoms with Gasteiger partial charge in [-0.1, -0.05) is 18.2 Å². The van der Waals surface area contributed by atoms with Crippen LogP contribution in [0.25, 0.3) is 0 Å². The molecule has 1 atom stereocenters. The molecule has 1 fully saturated rings. The molecule has 0 N–H and O–H groups in total. The number of carbonyl (C=O) groups is 1. The van der Waals surface area contributed by atoms with Gasteiger partial charge in [-0.05, 0) is 31.2 Å². The van der Waals surface area contributed by atoms with Crippen LogP contribution in [0.5, 0.6) is 0 Å². The Balaban J connectivity index is 1.76. The van der Waals surface area contributed by atoms with E-state index in [4.69, 9.17) is 0 Å². The Labute approximate surface area is 138 Å². The summed E-state index contributed by atoms with van der Waals surface area (Å²) in [5.74, 6) is -4.97. The third kappa shape index (κ3) is 2.96. The minimum Gasteiger partial charge on any atom is -0.365 e. The molecule has 126 valence electrons. The zero-order chi connectivity index (χ0) is 17.3. The standard InChI is InChI=1S/C18H17F3N2O/c1-12-11-22(9-10-23(12)13-5-3-2-4-6-13)18(24)14-7-8-15(19)17(21)16(14)20/h2-8,12H,9-11H2,1H3. The summed E-state index contributed by atoms with van der Waals surface area (Å²) in [5, 5.41) is 0. The van der Waals surface area contributed by atoms with Gasteiger partial charge in [-0.3, -0.25) is 4.79 Å². The Bertz CT molecular complexity index is 751. The van der Waals surface area contributed by atoms with Crippen molar-refractivity contribution in [2.45, 2.75) is 13.0 Å². The van der Waals surface area contributed by atoms with Gasteiger partial charge in [0.15, 0.2) is 17.5 Å². The molecule has 1 aliphatic rings. The van der Waals surface area contributed by atoms with E-state index in [0.29, 0.717) is 19.6 Å². The number of benzene rings is 2. The quantitative estimate of drug-likeness (QED) is 0.786. The van der Waals surface area contributed by atoms with Crippen LogP contribution < -0.4 is 4.90 Å². The Morgan fingerprint density at radius 1 is 1.00 bits per heavy atom. The summed E-state index contributed by atoms with van der Waals surface area (Å²) in [6.45, 7) is 3.32. The Morgan fingerprint density at radius 3 is 2.38 bits per heavy atom. The molecule has 0 aliphatic carbocycles. The van der Waals surface area contributed by atoms with E-state index in [9.17, 15) is 18.0 Å². The van der Waals surface area contributed by atoms with E-state index in [1.165, 1.54) is 4.90 Å². The largest absolute Gasteiger partial charge is 0.365 e. The molecule has 0 aromatic heterocycles. The molecule has 0 bridgehead atoms. The van der Waals surface area contributed by atoms with Crippen LogP contribution in [-0.4, -0.2) is 36.5 Å². The first-order valence-electron chi connectivity index (χ1n) is 7.73. The molecular weight excluding hydrogens is 317 g/mol. The second kappa shape index (κ2) is 6.55. The molecule has 1 saturated heterocycles. The number of hydrogen-bond acceptors (Lipinski definition) is 2. The first-order chi connectivity index (χ1) is 11.5. The topological polar surface area (TPSA) is 23.6 Å². The first kappa shape index (κ1) is 16.4. The van der Waals surface area contributed by atoms with Gasteiger partial charge in [-0.25, -0.2) is 13.2 Å². The second-order valence-corrected chi connectivity index (χ2v) is 5.85. The predicted octanol–water partition coefficient (Wildman–Crippen LogP) is 3.45. The maximum Gasteiger partial charge on any atom is 0.257 e. The maximum absolute atomic E-state index is 13.8. The first-order valence-corrected chi connectivity index (χ1v) is 7.73. The highest BCUT2D eigenvalue weighted by Crippen LogP contribution is 2.22. The minimum atomic E-state index is -1.61. The zero-order valence-electron chi connectivity index (χ0n) is 13.2. The molecule has 0 spiro atoms. The van der Waals surface area contributed by atoms with Crippen LogP contribution in [0.4, 0.5) is 18.9 Å². The van der Waals surface area contributed by atoms with Crippen molar-refractivity contribution < 1.29 is 18.0 Å². The monoisotopic (exact) mass is 334 g/mol. The van der Waals surface area contributed by atoms with Crippen LogP contribution in [0.15, 0.2) is 42.5 Å². The number of hydrogen-bond donors (Lipinski definition) is 0. The number of amides is 1. The molecule has 1 heterocycles. The molecule has 2 aromatic carbocycles. The minimum absolute atomic E-state index is 0.0263. The van der Waals surface area contributed by atoms with Crippen molar-refractivity contribution in [1.82, 2.24) is 4.90 Å². The smallest absolute Gasteiger partial charge is 0.257 e. The van der Waals surface area contributed by atoms with Gasteiger partial charge in [0.1, 0.15) is 0 Å². The highest BCUT2D eigenvalue weighted by molar-refractivity contribution is 5.94. The number of piperazine rings is 1. The van der Waals surface area contributed by atoms with Crippen molar-refractivity contribution in [2.75, 3.05) is 24.5 Å². The molecule has 2 aromatic rings. The predicted molar refractivity (Wildman–Crippen MR) is 85.5 cm³/mol. The fourth-order valence-corrected chi connectivity index (χ4v) is 3.01. The summed E-state index contributed by atoms with van der Waals surface area (Å²) in [6, 6.07) is 11.6. The number of halogens is 3. The second-order valence-electron chi connectivity index (χ2n) is 5.85. The molecule has 24 heavy (non-hydrogen) atoms. The van der Waals surface area contributed by atoms with Gasteiger partial charge in [0.25, 0.3) is 5.91 Å². The van der Waals surface area contributed by atoms with E-state index in [1.807, 2.05) is 37.3 Å². The third-order valence-electron chi connectivity index (χ3n) is 4.27. The van der Waals surface area contributed by atoms with Gasteiger partial charge in [0.2, 0.25) is 0 Å². The van der Waals surface area contributed by atoms with Crippen LogP contribution in [-0.2, 0) is 0 Å². The fraction of sp³-hybridized carbons (Fsp3) is 0.278. The van der Waals surface area contributed by atoms with Crippen LogP contribution in [0.1, 0.15) is 17.3 Å². The number of nitrogens with zero attached hydrogens (tertiary/aromatic N) is 2. The molecule has 3 rings (SSSR count). The molecule has 1 aliphatic heterocycles. The average Bonchev–Trinajstić information content (AvgIpc) is 2.60. The van der Waals surface area contributed by atoms with Gasteiger partial charge in [-0.15, -0.1) is 0 Å². The Morgan fingerprint density at radius 2 is 1.71 bits per heavy atom. The van der Waals surface area contributed by atoms with Crippen molar-refractivity contribution in [3.63, 3.8) is 0 Å². The van der Waals surface area contributed by atoms with Gasteiger partial charge >= 0.3 is 0 Å². The summed E-state index contributed by atoms with van der Waals surface area (Å²) < 4.78 is 40.2. The number of anilines is 1. The van der Waals surface area contributed by atoms with Crippen LogP contribution in [0.2, 0.25) is 0 Å². The van der Waals surface area contributed by atoms with E-state index in [-0.39, 0.29) is 6.04 Å². The van der Waals surface area contributed by atoms with E-state index in [0.717, 1.165) is 17.8 Å². The van der Waals surface area contributed by atoms with Crippen molar-refractivity contribution >= 4 is 11.6 Å². The van der Waals surface area contributed by atoms with E-state index < -0.39 is 28.9 Å². The third-order valence-corrected chi connectivity index (χ3v) is 4.27. The Kier molecular flexibility index (Phi) is 4.46. The van der Waals surface area contributed by atoms with E-state index in [2.05, 4.69) is 4.90 Å². The van der Waals surface area contributed by atoms with Crippen molar-refractivity contribution in [3.05, 3.63) is 65.5 Å². The van der Waals surface area contributed by atoms with Crippen LogP contribution >= 0.6 is 0 Å². The fourth-order valence-electron chi connectivity index (χ4n) is 3.01. The molecule has 3 nitrogen and oxygen atoms in total. The molecule has 6 heteroatoms. The molecule has 1 unspecified atom stereocenters. The van der Waals surface area contributed by atoms with Gasteiger partial charge in [0.05, 0.1) is 5.56 Å². The summed E-state index contributed by atoms with van der Waals surface area (Å²) in [5.41, 5.74) is 0.616. The molecule has 1 amide bonds. The van der Waals surface area contributed by atoms with E-state index >= 15 is 0 Å². The zero-order valence-corrected chi connectivity index (χ0v) is 13.2. The normalized spacial score (nSPS) is 17.9. The lowest BCUT2D eigenvalue weighted by Gasteiger charge is -2.41. The van der Waals surface area contributed by atoms with Crippen LogP contribution in [0.3, 0.4) is 0 Å². The summed E-state index contributed by atoms with van der Waals surface area (Å²) >= 11 is 0. The summed E-state index contributed by atoms with van der Waals surface area (Å²) in [6.07, 6.45) is 0. The summed E-state index contributed by atoms with van der Waals surface area (Å²) in [4.78, 5) is 16.1. The lowest BCUT2D eigenvalue weighted by atomic mass is 10.1. The highest BCUT2D eigenvalue weighted by atomic mass is 19.2. The van der Waals surface area contributed by atoms with Gasteiger partial charge in [-0.2, -0.15) is 0 Å².